The molecule has 0 saturated heterocycles. The zero-order chi connectivity index (χ0) is 16.4. The minimum atomic E-state index is -0.868. The van der Waals surface area contributed by atoms with Crippen molar-refractivity contribution in [1.82, 2.24) is 5.32 Å². The van der Waals surface area contributed by atoms with E-state index in [0.29, 0.717) is 11.0 Å². The van der Waals surface area contributed by atoms with Gasteiger partial charge in [-0.3, -0.25) is 9.59 Å². The molecule has 0 spiro atoms. The van der Waals surface area contributed by atoms with Gasteiger partial charge >= 0.3 is 5.97 Å². The third-order valence-electron chi connectivity index (χ3n) is 5.18. The SMILES string of the molecule is CC(Sc1ccccc1C(=O)NCC1(C2CC2)CCC1)C(=O)O. The first-order valence-electron chi connectivity index (χ1n) is 8.28. The van der Waals surface area contributed by atoms with Crippen LogP contribution in [0.15, 0.2) is 29.2 Å². The smallest absolute Gasteiger partial charge is 0.316 e. The van der Waals surface area contributed by atoms with Crippen molar-refractivity contribution < 1.29 is 14.7 Å². The Kier molecular flexibility index (Phi) is 4.67. The number of carboxylic acids is 1. The van der Waals surface area contributed by atoms with E-state index in [0.717, 1.165) is 17.4 Å². The van der Waals surface area contributed by atoms with Crippen molar-refractivity contribution >= 4 is 23.6 Å². The number of hydrogen-bond donors (Lipinski definition) is 2. The zero-order valence-electron chi connectivity index (χ0n) is 13.4. The summed E-state index contributed by atoms with van der Waals surface area (Å²) in [5.41, 5.74) is 0.919. The van der Waals surface area contributed by atoms with Gasteiger partial charge in [-0.15, -0.1) is 11.8 Å². The molecule has 5 heteroatoms. The molecule has 23 heavy (non-hydrogen) atoms. The van der Waals surface area contributed by atoms with Crippen LogP contribution in [0.1, 0.15) is 49.4 Å². The van der Waals surface area contributed by atoms with Crippen molar-refractivity contribution in [2.24, 2.45) is 11.3 Å². The highest BCUT2D eigenvalue weighted by atomic mass is 32.2. The Morgan fingerprint density at radius 3 is 2.61 bits per heavy atom. The second kappa shape index (κ2) is 6.56. The lowest BCUT2D eigenvalue weighted by Crippen LogP contribution is -2.43. The summed E-state index contributed by atoms with van der Waals surface area (Å²) in [7, 11) is 0. The number of thioether (sulfide) groups is 1. The fourth-order valence-electron chi connectivity index (χ4n) is 3.41. The first-order valence-corrected chi connectivity index (χ1v) is 9.16. The Morgan fingerprint density at radius 1 is 1.35 bits per heavy atom. The van der Waals surface area contributed by atoms with Crippen LogP contribution in [0.2, 0.25) is 0 Å². The van der Waals surface area contributed by atoms with E-state index in [-0.39, 0.29) is 5.91 Å². The normalized spacial score (nSPS) is 20.4. The summed E-state index contributed by atoms with van der Waals surface area (Å²) in [5.74, 6) is -0.154. The molecular weight excluding hydrogens is 310 g/mol. The van der Waals surface area contributed by atoms with Crippen molar-refractivity contribution in [1.29, 1.82) is 0 Å². The Hall–Kier alpha value is -1.49. The van der Waals surface area contributed by atoms with E-state index in [1.165, 1.54) is 43.9 Å². The summed E-state index contributed by atoms with van der Waals surface area (Å²) < 4.78 is 0. The first kappa shape index (κ1) is 16.4. The maximum Gasteiger partial charge on any atom is 0.316 e. The van der Waals surface area contributed by atoms with Crippen LogP contribution in [0.25, 0.3) is 0 Å². The van der Waals surface area contributed by atoms with Gasteiger partial charge in [0.15, 0.2) is 0 Å². The molecule has 4 nitrogen and oxygen atoms in total. The molecule has 1 aromatic rings. The molecule has 3 rings (SSSR count). The number of aliphatic carboxylic acids is 1. The lowest BCUT2D eigenvalue weighted by molar-refractivity contribution is -0.136. The highest BCUT2D eigenvalue weighted by Gasteiger charge is 2.48. The van der Waals surface area contributed by atoms with Crippen LogP contribution >= 0.6 is 11.8 Å². The molecule has 2 aliphatic carbocycles. The van der Waals surface area contributed by atoms with Gasteiger partial charge in [-0.25, -0.2) is 0 Å². The van der Waals surface area contributed by atoms with E-state index in [1.807, 2.05) is 18.2 Å². The van der Waals surface area contributed by atoms with E-state index in [9.17, 15) is 9.59 Å². The van der Waals surface area contributed by atoms with Gasteiger partial charge in [0, 0.05) is 11.4 Å². The van der Waals surface area contributed by atoms with Gasteiger partial charge in [-0.2, -0.15) is 0 Å². The largest absolute Gasteiger partial charge is 0.480 e. The number of nitrogens with one attached hydrogen (secondary N) is 1. The predicted molar refractivity (Wildman–Crippen MR) is 90.7 cm³/mol. The molecule has 0 radical (unpaired) electrons. The molecule has 1 amide bonds. The number of amides is 1. The third kappa shape index (κ3) is 3.55. The number of carbonyl (C=O) groups is 2. The number of benzene rings is 1. The lowest BCUT2D eigenvalue weighted by atomic mass is 9.65. The second-order valence-corrected chi connectivity index (χ2v) is 8.15. The van der Waals surface area contributed by atoms with Crippen molar-refractivity contribution in [3.8, 4) is 0 Å². The maximum absolute atomic E-state index is 12.6. The van der Waals surface area contributed by atoms with Crippen LogP contribution in [0.3, 0.4) is 0 Å². The zero-order valence-corrected chi connectivity index (χ0v) is 14.2. The van der Waals surface area contributed by atoms with Gasteiger partial charge in [0.25, 0.3) is 5.91 Å². The molecule has 2 saturated carbocycles. The fraction of sp³-hybridized carbons (Fsp3) is 0.556. The fourth-order valence-corrected chi connectivity index (χ4v) is 4.33. The van der Waals surface area contributed by atoms with Gasteiger partial charge < -0.3 is 10.4 Å². The van der Waals surface area contributed by atoms with E-state index in [1.54, 1.807) is 13.0 Å². The minimum absolute atomic E-state index is 0.0855. The monoisotopic (exact) mass is 333 g/mol. The molecule has 2 N–H and O–H groups in total. The summed E-state index contributed by atoms with van der Waals surface area (Å²) in [5, 5.41) is 11.6. The molecule has 1 atom stereocenters. The topological polar surface area (TPSA) is 66.4 Å². The first-order chi connectivity index (χ1) is 11.0. The summed E-state index contributed by atoms with van der Waals surface area (Å²) in [4.78, 5) is 24.4. The maximum atomic E-state index is 12.6. The van der Waals surface area contributed by atoms with Gasteiger partial charge in [0.1, 0.15) is 5.25 Å². The third-order valence-corrected chi connectivity index (χ3v) is 6.34. The van der Waals surface area contributed by atoms with Gasteiger partial charge in [0.05, 0.1) is 5.56 Å². The summed E-state index contributed by atoms with van der Waals surface area (Å²) in [6.45, 7) is 2.39. The number of carbonyl (C=O) groups excluding carboxylic acids is 1. The van der Waals surface area contributed by atoms with E-state index < -0.39 is 11.2 Å². The second-order valence-electron chi connectivity index (χ2n) is 6.77. The van der Waals surface area contributed by atoms with Crippen LogP contribution in [0.4, 0.5) is 0 Å². The predicted octanol–water partition coefficient (Wildman–Crippen LogP) is 3.56. The average Bonchev–Trinajstić information content (AvgIpc) is 3.31. The molecule has 2 fully saturated rings. The molecule has 124 valence electrons. The quantitative estimate of drug-likeness (QED) is 0.749. The van der Waals surface area contributed by atoms with E-state index in [4.69, 9.17) is 5.11 Å². The standard InChI is InChI=1S/C18H23NO3S/c1-12(17(21)22)23-15-6-3-2-5-14(15)16(20)19-11-18(9-4-10-18)13-7-8-13/h2-3,5-6,12-13H,4,7-11H2,1H3,(H,19,20)(H,21,22). The number of carboxylic acid groups (broad SMARTS) is 1. The van der Waals surface area contributed by atoms with Crippen LogP contribution in [0.5, 0.6) is 0 Å². The van der Waals surface area contributed by atoms with Crippen molar-refractivity contribution in [2.75, 3.05) is 6.54 Å². The average molecular weight is 333 g/mol. The van der Waals surface area contributed by atoms with Crippen LogP contribution in [0, 0.1) is 11.3 Å². The molecule has 0 aromatic heterocycles. The van der Waals surface area contributed by atoms with Gasteiger partial charge in [-0.1, -0.05) is 18.6 Å². The van der Waals surface area contributed by atoms with Crippen LogP contribution in [-0.4, -0.2) is 28.8 Å². The van der Waals surface area contributed by atoms with E-state index >= 15 is 0 Å². The molecule has 0 aliphatic heterocycles. The highest BCUT2D eigenvalue weighted by molar-refractivity contribution is 8.00. The van der Waals surface area contributed by atoms with Gasteiger partial charge in [-0.05, 0) is 56.1 Å². The Labute approximate surface area is 141 Å². The van der Waals surface area contributed by atoms with Crippen LogP contribution in [-0.2, 0) is 4.79 Å². The van der Waals surface area contributed by atoms with Crippen molar-refractivity contribution in [3.05, 3.63) is 29.8 Å². The Bertz CT molecular complexity index is 608. The Morgan fingerprint density at radius 2 is 2.04 bits per heavy atom. The highest BCUT2D eigenvalue weighted by Crippen LogP contribution is 2.56. The number of rotatable bonds is 7. The lowest BCUT2D eigenvalue weighted by Gasteiger charge is -2.42. The molecular formula is C18H23NO3S. The summed E-state index contributed by atoms with van der Waals surface area (Å²) >= 11 is 1.22. The summed E-state index contributed by atoms with van der Waals surface area (Å²) in [6.07, 6.45) is 6.33. The molecule has 1 aromatic carbocycles. The van der Waals surface area contributed by atoms with Crippen molar-refractivity contribution in [3.63, 3.8) is 0 Å². The minimum Gasteiger partial charge on any atom is -0.480 e. The van der Waals surface area contributed by atoms with Gasteiger partial charge in [0.2, 0.25) is 0 Å². The molecule has 0 bridgehead atoms. The van der Waals surface area contributed by atoms with Crippen LogP contribution < -0.4 is 5.32 Å². The summed E-state index contributed by atoms with van der Waals surface area (Å²) in [6, 6.07) is 7.26. The Balaban J connectivity index is 1.66. The molecule has 0 heterocycles. The van der Waals surface area contributed by atoms with E-state index in [2.05, 4.69) is 5.32 Å². The molecule has 1 unspecified atom stereocenters. The molecule has 2 aliphatic rings. The van der Waals surface area contributed by atoms with Crippen molar-refractivity contribution in [2.45, 2.75) is 49.2 Å². The number of hydrogen-bond acceptors (Lipinski definition) is 3.